The number of rotatable bonds is 6. The highest BCUT2D eigenvalue weighted by molar-refractivity contribution is 6.31. The minimum Gasteiger partial charge on any atom is -0.342 e. The van der Waals surface area contributed by atoms with Crippen molar-refractivity contribution in [3.8, 4) is 0 Å². The van der Waals surface area contributed by atoms with Gasteiger partial charge >= 0.3 is 6.18 Å². The number of aryl methyl sites for hydroxylation is 1. The van der Waals surface area contributed by atoms with Crippen LogP contribution >= 0.6 is 11.6 Å². The van der Waals surface area contributed by atoms with Crippen LogP contribution in [0.5, 0.6) is 0 Å². The number of alkyl halides is 3. The maximum absolute atomic E-state index is 13.0. The van der Waals surface area contributed by atoms with Crippen LogP contribution in [-0.2, 0) is 12.6 Å². The highest BCUT2D eigenvalue weighted by Crippen LogP contribution is 2.36. The normalized spacial score (nSPS) is 11.2. The zero-order chi connectivity index (χ0) is 21.0. The topological polar surface area (TPSA) is 24.1 Å². The Morgan fingerprint density at radius 1 is 0.897 bits per heavy atom. The molecule has 0 aromatic heterocycles. The summed E-state index contributed by atoms with van der Waals surface area (Å²) in [5.74, 6) is 0.355. The summed E-state index contributed by atoms with van der Waals surface area (Å²) in [5.41, 5.74) is 3.66. The van der Waals surface area contributed by atoms with Crippen LogP contribution in [0.3, 0.4) is 0 Å². The Bertz CT molecular complexity index is 1010. The lowest BCUT2D eigenvalue weighted by molar-refractivity contribution is -0.137. The quantitative estimate of drug-likeness (QED) is 0.442. The van der Waals surface area contributed by atoms with E-state index in [-0.39, 0.29) is 10.7 Å². The van der Waals surface area contributed by atoms with Crippen LogP contribution in [0.15, 0.2) is 79.1 Å². The zero-order valence-electron chi connectivity index (χ0n) is 15.8. The van der Waals surface area contributed by atoms with Gasteiger partial charge < -0.3 is 10.6 Å². The molecule has 0 bridgehead atoms. The molecule has 0 radical (unpaired) electrons. The summed E-state index contributed by atoms with van der Waals surface area (Å²) in [4.78, 5) is 0. The van der Waals surface area contributed by atoms with Crippen LogP contribution in [0.2, 0.25) is 5.02 Å². The third-order valence-corrected chi connectivity index (χ3v) is 4.65. The smallest absolute Gasteiger partial charge is 0.342 e. The molecule has 150 valence electrons. The van der Waals surface area contributed by atoms with E-state index in [1.165, 1.54) is 23.3 Å². The van der Waals surface area contributed by atoms with Crippen LogP contribution in [0.4, 0.5) is 24.5 Å². The van der Waals surface area contributed by atoms with Gasteiger partial charge in [0.1, 0.15) is 5.82 Å². The molecular weight excluding hydrogens is 397 g/mol. The van der Waals surface area contributed by atoms with Crippen LogP contribution in [0.25, 0.3) is 0 Å². The average Bonchev–Trinajstić information content (AvgIpc) is 2.64. The van der Waals surface area contributed by atoms with E-state index >= 15 is 0 Å². The van der Waals surface area contributed by atoms with Crippen molar-refractivity contribution in [2.45, 2.75) is 19.5 Å². The highest BCUT2D eigenvalue weighted by Gasteiger charge is 2.33. The summed E-state index contributed by atoms with van der Waals surface area (Å²) < 4.78 is 39.0. The average molecular weight is 417 g/mol. The first kappa shape index (κ1) is 20.8. The fourth-order valence-electron chi connectivity index (χ4n) is 2.90. The second-order valence-electron chi connectivity index (χ2n) is 6.78. The second-order valence-corrected chi connectivity index (χ2v) is 7.19. The van der Waals surface area contributed by atoms with Crippen molar-refractivity contribution in [2.75, 3.05) is 10.6 Å². The molecule has 3 aromatic rings. The maximum atomic E-state index is 13.0. The largest absolute Gasteiger partial charge is 0.417 e. The van der Waals surface area contributed by atoms with Gasteiger partial charge in [-0.2, -0.15) is 13.2 Å². The van der Waals surface area contributed by atoms with Gasteiger partial charge in [0.15, 0.2) is 0 Å². The summed E-state index contributed by atoms with van der Waals surface area (Å²) in [6.45, 7) is 5.89. The number of nitrogens with one attached hydrogen (secondary N) is 2. The van der Waals surface area contributed by atoms with Crippen LogP contribution in [0, 0.1) is 6.92 Å². The van der Waals surface area contributed by atoms with Crippen molar-refractivity contribution in [1.82, 2.24) is 0 Å². The minimum absolute atomic E-state index is 0.245. The molecule has 2 nitrogen and oxygen atoms in total. The number of anilines is 2. The molecule has 3 rings (SSSR count). The van der Waals surface area contributed by atoms with Gasteiger partial charge in [-0.3, -0.25) is 0 Å². The van der Waals surface area contributed by atoms with Gasteiger partial charge in [-0.05, 0) is 54.8 Å². The van der Waals surface area contributed by atoms with E-state index in [9.17, 15) is 13.2 Å². The molecule has 6 heteroatoms. The number of benzene rings is 3. The van der Waals surface area contributed by atoms with Gasteiger partial charge in [-0.25, -0.2) is 0 Å². The van der Waals surface area contributed by atoms with Crippen LogP contribution in [-0.4, -0.2) is 0 Å². The second kappa shape index (κ2) is 8.62. The van der Waals surface area contributed by atoms with Gasteiger partial charge in [0.25, 0.3) is 0 Å². The van der Waals surface area contributed by atoms with E-state index in [0.717, 1.165) is 23.7 Å². The van der Waals surface area contributed by atoms with Crippen molar-refractivity contribution >= 4 is 23.0 Å². The van der Waals surface area contributed by atoms with Gasteiger partial charge in [0.05, 0.1) is 10.6 Å². The Balaban J connectivity index is 1.67. The monoisotopic (exact) mass is 416 g/mol. The fraction of sp³-hybridized carbons (Fsp3) is 0.130. The van der Waals surface area contributed by atoms with Crippen molar-refractivity contribution < 1.29 is 13.2 Å². The lowest BCUT2D eigenvalue weighted by Gasteiger charge is -2.15. The SMILES string of the molecule is C=C(Nc1cccc(Cc2ccc(C)cc2)c1)Nc1ccc(Cl)c(C(F)(F)F)c1. The third-order valence-electron chi connectivity index (χ3n) is 4.32. The number of hydrogen-bond acceptors (Lipinski definition) is 2. The molecule has 0 fully saturated rings. The van der Waals surface area contributed by atoms with E-state index in [0.29, 0.717) is 5.82 Å². The summed E-state index contributed by atoms with van der Waals surface area (Å²) in [6.07, 6.45) is -3.74. The molecule has 3 aromatic carbocycles. The molecule has 29 heavy (non-hydrogen) atoms. The summed E-state index contributed by atoms with van der Waals surface area (Å²) >= 11 is 5.65. The fourth-order valence-corrected chi connectivity index (χ4v) is 3.13. The minimum atomic E-state index is -4.52. The van der Waals surface area contributed by atoms with Crippen molar-refractivity contribution in [1.29, 1.82) is 0 Å². The molecule has 0 heterocycles. The summed E-state index contributed by atoms with van der Waals surface area (Å²) in [6, 6.07) is 19.8. The predicted octanol–water partition coefficient (Wildman–Crippen LogP) is 7.25. The molecule has 0 aliphatic carbocycles. The first-order valence-electron chi connectivity index (χ1n) is 8.95. The third kappa shape index (κ3) is 5.78. The summed E-state index contributed by atoms with van der Waals surface area (Å²) in [5, 5.41) is 5.58. The molecule has 0 atom stereocenters. The molecular formula is C23H20ClF3N2. The van der Waals surface area contributed by atoms with E-state index in [1.807, 2.05) is 31.2 Å². The molecule has 0 amide bonds. The van der Waals surface area contributed by atoms with Crippen molar-refractivity contribution in [3.63, 3.8) is 0 Å². The van der Waals surface area contributed by atoms with E-state index in [1.54, 1.807) is 0 Å². The van der Waals surface area contributed by atoms with Crippen LogP contribution in [0.1, 0.15) is 22.3 Å². The Hall–Kier alpha value is -2.92. The van der Waals surface area contributed by atoms with Crippen molar-refractivity contribution in [3.05, 3.63) is 106 Å². The van der Waals surface area contributed by atoms with Gasteiger partial charge in [0, 0.05) is 11.4 Å². The van der Waals surface area contributed by atoms with Gasteiger partial charge in [0.2, 0.25) is 0 Å². The molecule has 0 aliphatic rings. The van der Waals surface area contributed by atoms with Crippen molar-refractivity contribution in [2.24, 2.45) is 0 Å². The zero-order valence-corrected chi connectivity index (χ0v) is 16.5. The number of hydrogen-bond donors (Lipinski definition) is 2. The molecule has 0 saturated heterocycles. The first-order chi connectivity index (χ1) is 13.7. The van der Waals surface area contributed by atoms with E-state index in [2.05, 4.69) is 41.5 Å². The summed E-state index contributed by atoms with van der Waals surface area (Å²) in [7, 11) is 0. The van der Waals surface area contributed by atoms with Gasteiger partial charge in [-0.1, -0.05) is 60.1 Å². The van der Waals surface area contributed by atoms with E-state index < -0.39 is 11.7 Å². The van der Waals surface area contributed by atoms with Crippen LogP contribution < -0.4 is 10.6 Å². The highest BCUT2D eigenvalue weighted by atomic mass is 35.5. The Labute approximate surface area is 173 Å². The standard InChI is InChI=1S/C23H20ClF3N2/c1-15-6-8-17(9-7-15)12-18-4-3-5-19(13-18)28-16(2)29-20-10-11-22(24)21(14-20)23(25,26)27/h3-11,13-14,28-29H,2,12H2,1H3. The lowest BCUT2D eigenvalue weighted by atomic mass is 10.0. The Morgan fingerprint density at radius 3 is 2.21 bits per heavy atom. The van der Waals surface area contributed by atoms with E-state index in [4.69, 9.17) is 11.6 Å². The molecule has 0 unspecified atom stereocenters. The Kier molecular flexibility index (Phi) is 6.18. The molecule has 0 saturated carbocycles. The molecule has 0 spiro atoms. The molecule has 2 N–H and O–H groups in total. The predicted molar refractivity (Wildman–Crippen MR) is 113 cm³/mol. The first-order valence-corrected chi connectivity index (χ1v) is 9.33. The Morgan fingerprint density at radius 2 is 1.55 bits per heavy atom. The molecule has 0 aliphatic heterocycles. The maximum Gasteiger partial charge on any atom is 0.417 e. The van der Waals surface area contributed by atoms with Gasteiger partial charge in [-0.15, -0.1) is 0 Å². The lowest BCUT2D eigenvalue weighted by Crippen LogP contribution is -2.10. The number of halogens is 4.